The molecule has 112 valence electrons. The Morgan fingerprint density at radius 3 is 2.57 bits per heavy atom. The van der Waals surface area contributed by atoms with E-state index in [1.807, 2.05) is 12.1 Å². The maximum Gasteiger partial charge on any atom is 0.174 e. The molecule has 0 spiro atoms. The van der Waals surface area contributed by atoms with E-state index in [2.05, 4.69) is 27.9 Å². The first-order chi connectivity index (χ1) is 10.0. The first-order valence-corrected chi connectivity index (χ1v) is 7.60. The number of halogens is 3. The summed E-state index contributed by atoms with van der Waals surface area (Å²) in [5.41, 5.74) is 1.78. The minimum absolute atomic E-state index is 0.0990. The molecule has 0 aromatic heterocycles. The lowest BCUT2D eigenvalue weighted by Crippen LogP contribution is -2.02. The number of methoxy groups -OCH3 is 2. The number of ether oxygens (including phenoxy) is 2. The molecular formula is C15H14ClFINO2. The van der Waals surface area contributed by atoms with Gasteiger partial charge in [-0.3, -0.25) is 0 Å². The monoisotopic (exact) mass is 421 g/mol. The molecular weight excluding hydrogens is 408 g/mol. The van der Waals surface area contributed by atoms with Crippen LogP contribution in [0.3, 0.4) is 0 Å². The van der Waals surface area contributed by atoms with Crippen molar-refractivity contribution < 1.29 is 13.9 Å². The average Bonchev–Trinajstić information content (AvgIpc) is 2.47. The Morgan fingerprint density at radius 1 is 1.19 bits per heavy atom. The highest BCUT2D eigenvalue weighted by Crippen LogP contribution is 2.33. The number of anilines is 1. The highest BCUT2D eigenvalue weighted by Gasteiger charge is 2.10. The van der Waals surface area contributed by atoms with E-state index in [4.69, 9.17) is 21.1 Å². The molecule has 2 rings (SSSR count). The van der Waals surface area contributed by atoms with Crippen LogP contribution in [0.15, 0.2) is 30.3 Å². The van der Waals surface area contributed by atoms with Crippen LogP contribution in [0.1, 0.15) is 5.56 Å². The van der Waals surface area contributed by atoms with Crippen molar-refractivity contribution in [2.75, 3.05) is 19.5 Å². The zero-order valence-electron chi connectivity index (χ0n) is 11.5. The predicted molar refractivity (Wildman–Crippen MR) is 91.0 cm³/mol. The van der Waals surface area contributed by atoms with E-state index in [-0.39, 0.29) is 5.02 Å². The SMILES string of the molecule is COc1cc(CNc2ccc(F)c(Cl)c2)cc(I)c1OC. The Labute approximate surface area is 141 Å². The molecule has 0 saturated heterocycles. The van der Waals surface area contributed by atoms with Gasteiger partial charge in [-0.05, 0) is 58.5 Å². The third kappa shape index (κ3) is 3.91. The average molecular weight is 422 g/mol. The van der Waals surface area contributed by atoms with Crippen molar-refractivity contribution in [3.8, 4) is 11.5 Å². The summed E-state index contributed by atoms with van der Waals surface area (Å²) in [5, 5.41) is 3.29. The quantitative estimate of drug-likeness (QED) is 0.709. The number of hydrogen-bond acceptors (Lipinski definition) is 3. The van der Waals surface area contributed by atoms with Crippen LogP contribution in [-0.4, -0.2) is 14.2 Å². The van der Waals surface area contributed by atoms with Gasteiger partial charge in [-0.15, -0.1) is 0 Å². The van der Waals surface area contributed by atoms with Gasteiger partial charge in [0.25, 0.3) is 0 Å². The van der Waals surface area contributed by atoms with Crippen LogP contribution in [0.25, 0.3) is 0 Å². The zero-order chi connectivity index (χ0) is 15.4. The van der Waals surface area contributed by atoms with Gasteiger partial charge in [0.15, 0.2) is 11.5 Å². The molecule has 0 heterocycles. The fourth-order valence-corrected chi connectivity index (χ4v) is 2.95. The second-order valence-corrected chi connectivity index (χ2v) is 5.86. The number of rotatable bonds is 5. The van der Waals surface area contributed by atoms with E-state index in [0.717, 1.165) is 14.8 Å². The molecule has 2 aromatic rings. The van der Waals surface area contributed by atoms with Crippen molar-refractivity contribution in [2.24, 2.45) is 0 Å². The molecule has 0 aliphatic rings. The molecule has 0 fully saturated rings. The lowest BCUT2D eigenvalue weighted by atomic mass is 10.2. The summed E-state index contributed by atoms with van der Waals surface area (Å²) in [6.45, 7) is 0.568. The van der Waals surface area contributed by atoms with Crippen molar-refractivity contribution >= 4 is 39.9 Å². The van der Waals surface area contributed by atoms with Gasteiger partial charge in [0, 0.05) is 12.2 Å². The Balaban J connectivity index is 2.16. The lowest BCUT2D eigenvalue weighted by molar-refractivity contribution is 0.352. The fraction of sp³-hybridized carbons (Fsp3) is 0.200. The molecule has 2 aromatic carbocycles. The number of nitrogens with one attached hydrogen (secondary N) is 1. The van der Waals surface area contributed by atoms with E-state index in [1.54, 1.807) is 26.4 Å². The van der Waals surface area contributed by atoms with Crippen LogP contribution in [0.2, 0.25) is 5.02 Å². The first-order valence-electron chi connectivity index (χ1n) is 6.14. The minimum atomic E-state index is -0.428. The summed E-state index contributed by atoms with van der Waals surface area (Å²) < 4.78 is 24.7. The predicted octanol–water partition coefficient (Wildman–Crippen LogP) is 4.71. The fourth-order valence-electron chi connectivity index (χ4n) is 1.88. The molecule has 1 N–H and O–H groups in total. The van der Waals surface area contributed by atoms with Crippen molar-refractivity contribution in [1.29, 1.82) is 0 Å². The third-order valence-electron chi connectivity index (χ3n) is 2.91. The Bertz CT molecular complexity index is 652. The standard InChI is InChI=1S/C15H14ClFINO2/c1-20-14-6-9(5-13(18)15(14)21-2)8-19-10-3-4-12(17)11(16)7-10/h3-7,19H,8H2,1-2H3. The molecule has 0 aliphatic carbocycles. The molecule has 0 atom stereocenters. The second kappa shape index (κ2) is 7.17. The Morgan fingerprint density at radius 2 is 1.95 bits per heavy atom. The molecule has 21 heavy (non-hydrogen) atoms. The van der Waals surface area contributed by atoms with Crippen molar-refractivity contribution in [1.82, 2.24) is 0 Å². The summed E-state index contributed by atoms with van der Waals surface area (Å²) in [6.07, 6.45) is 0. The Hall–Kier alpha value is -1.21. The van der Waals surface area contributed by atoms with Gasteiger partial charge in [-0.1, -0.05) is 11.6 Å². The van der Waals surface area contributed by atoms with Gasteiger partial charge in [0.1, 0.15) is 5.82 Å². The van der Waals surface area contributed by atoms with Crippen LogP contribution in [0.4, 0.5) is 10.1 Å². The minimum Gasteiger partial charge on any atom is -0.493 e. The summed E-state index contributed by atoms with van der Waals surface area (Å²) in [6, 6.07) is 8.44. The maximum absolute atomic E-state index is 13.1. The van der Waals surface area contributed by atoms with Gasteiger partial charge >= 0.3 is 0 Å². The number of hydrogen-bond donors (Lipinski definition) is 1. The van der Waals surface area contributed by atoms with Gasteiger partial charge in [0.05, 0.1) is 22.8 Å². The first kappa shape index (κ1) is 16.2. The van der Waals surface area contributed by atoms with Crippen molar-refractivity contribution in [3.05, 3.63) is 50.3 Å². The van der Waals surface area contributed by atoms with Gasteiger partial charge in [0.2, 0.25) is 0 Å². The van der Waals surface area contributed by atoms with Crippen molar-refractivity contribution in [3.63, 3.8) is 0 Å². The number of benzene rings is 2. The van der Waals surface area contributed by atoms with Crippen LogP contribution >= 0.6 is 34.2 Å². The van der Waals surface area contributed by atoms with Crippen LogP contribution in [0, 0.1) is 9.39 Å². The molecule has 0 saturated carbocycles. The van der Waals surface area contributed by atoms with E-state index in [9.17, 15) is 4.39 Å². The summed E-state index contributed by atoms with van der Waals surface area (Å²) in [5.74, 6) is 0.966. The largest absolute Gasteiger partial charge is 0.493 e. The normalized spacial score (nSPS) is 10.3. The smallest absolute Gasteiger partial charge is 0.174 e. The molecule has 6 heteroatoms. The summed E-state index contributed by atoms with van der Waals surface area (Å²) >= 11 is 7.95. The van der Waals surface area contributed by atoms with E-state index < -0.39 is 5.82 Å². The van der Waals surface area contributed by atoms with Gasteiger partial charge in [-0.2, -0.15) is 0 Å². The lowest BCUT2D eigenvalue weighted by Gasteiger charge is -2.13. The van der Waals surface area contributed by atoms with E-state index in [1.165, 1.54) is 6.07 Å². The van der Waals surface area contributed by atoms with Gasteiger partial charge < -0.3 is 14.8 Å². The van der Waals surface area contributed by atoms with E-state index >= 15 is 0 Å². The topological polar surface area (TPSA) is 30.5 Å². The highest BCUT2D eigenvalue weighted by atomic mass is 127. The third-order valence-corrected chi connectivity index (χ3v) is 4.00. The maximum atomic E-state index is 13.1. The van der Waals surface area contributed by atoms with Crippen LogP contribution in [0.5, 0.6) is 11.5 Å². The zero-order valence-corrected chi connectivity index (χ0v) is 14.5. The van der Waals surface area contributed by atoms with Crippen molar-refractivity contribution in [2.45, 2.75) is 6.54 Å². The molecule has 0 amide bonds. The summed E-state index contributed by atoms with van der Waals surface area (Å²) in [7, 11) is 3.21. The Kier molecular flexibility index (Phi) is 5.52. The van der Waals surface area contributed by atoms with Gasteiger partial charge in [-0.25, -0.2) is 4.39 Å². The molecule has 0 unspecified atom stereocenters. The van der Waals surface area contributed by atoms with Crippen LogP contribution < -0.4 is 14.8 Å². The second-order valence-electron chi connectivity index (χ2n) is 4.30. The highest BCUT2D eigenvalue weighted by molar-refractivity contribution is 14.1. The summed E-state index contributed by atoms with van der Waals surface area (Å²) in [4.78, 5) is 0. The van der Waals surface area contributed by atoms with E-state index in [0.29, 0.717) is 18.0 Å². The molecule has 0 bridgehead atoms. The molecule has 3 nitrogen and oxygen atoms in total. The molecule has 0 aliphatic heterocycles. The molecule has 0 radical (unpaired) electrons. The van der Waals surface area contributed by atoms with Crippen LogP contribution in [-0.2, 0) is 6.54 Å².